The Kier molecular flexibility index (Phi) is 7.09. The van der Waals surface area contributed by atoms with E-state index in [1.54, 1.807) is 13.2 Å². The molecule has 140 valence electrons. The molecule has 2 rings (SSSR count). The van der Waals surface area contributed by atoms with Crippen molar-refractivity contribution < 1.29 is 14.3 Å². The van der Waals surface area contributed by atoms with Crippen molar-refractivity contribution in [3.05, 3.63) is 35.4 Å². The van der Waals surface area contributed by atoms with Gasteiger partial charge in [-0.1, -0.05) is 31.3 Å². The van der Waals surface area contributed by atoms with Crippen LogP contribution >= 0.6 is 12.2 Å². The lowest BCUT2D eigenvalue weighted by Crippen LogP contribution is -2.26. The van der Waals surface area contributed by atoms with Gasteiger partial charge in [0.15, 0.2) is 5.78 Å². The van der Waals surface area contributed by atoms with E-state index >= 15 is 0 Å². The molecule has 1 aliphatic carbocycles. The van der Waals surface area contributed by atoms with Gasteiger partial charge in [-0.05, 0) is 66.2 Å². The number of hydrogen-bond acceptors (Lipinski definition) is 4. The molecule has 1 aromatic carbocycles. The van der Waals surface area contributed by atoms with Crippen LogP contribution in [-0.2, 0) is 9.59 Å². The Hall–Kier alpha value is -2.01. The number of hydrogen-bond donors (Lipinski definition) is 1. The van der Waals surface area contributed by atoms with Crippen LogP contribution in [0.25, 0.3) is 5.57 Å². The molecule has 5 heteroatoms. The molecule has 2 N–H and O–H groups in total. The van der Waals surface area contributed by atoms with E-state index in [1.165, 1.54) is 0 Å². The van der Waals surface area contributed by atoms with Crippen molar-refractivity contribution in [1.82, 2.24) is 0 Å². The number of aryl methyl sites for hydroxylation is 1. The summed E-state index contributed by atoms with van der Waals surface area (Å²) in [5.41, 5.74) is 8.34. The van der Waals surface area contributed by atoms with Gasteiger partial charge in [-0.2, -0.15) is 0 Å². The van der Waals surface area contributed by atoms with Crippen molar-refractivity contribution in [2.75, 3.05) is 7.11 Å². The second kappa shape index (κ2) is 9.08. The molecular weight excluding hydrogens is 346 g/mol. The fourth-order valence-corrected chi connectivity index (χ4v) is 3.81. The van der Waals surface area contributed by atoms with E-state index in [0.29, 0.717) is 12.8 Å². The number of carbonyl (C=O) groups excluding carboxylic acids is 2. The molecule has 1 aromatic rings. The molecule has 0 heterocycles. The maximum Gasteiger partial charge on any atom is 0.217 e. The van der Waals surface area contributed by atoms with Gasteiger partial charge < -0.3 is 10.5 Å². The molecule has 0 aliphatic heterocycles. The van der Waals surface area contributed by atoms with Gasteiger partial charge in [0.2, 0.25) is 5.91 Å². The Bertz CT molecular complexity index is 739. The SMILES string of the molecule is COc1cc(C)ccc1C1=CC(=O)CCCC(=S)C(C)C(CC(N)=O)C1. The Labute approximate surface area is 160 Å². The second-order valence-electron chi connectivity index (χ2n) is 7.08. The second-order valence-corrected chi connectivity index (χ2v) is 7.61. The van der Waals surface area contributed by atoms with Gasteiger partial charge >= 0.3 is 0 Å². The van der Waals surface area contributed by atoms with Crippen molar-refractivity contribution in [3.8, 4) is 5.75 Å². The van der Waals surface area contributed by atoms with Crippen LogP contribution in [0.2, 0.25) is 0 Å². The van der Waals surface area contributed by atoms with E-state index in [0.717, 1.165) is 40.2 Å². The number of primary amides is 1. The molecule has 2 atom stereocenters. The van der Waals surface area contributed by atoms with Gasteiger partial charge in [0.25, 0.3) is 0 Å². The highest BCUT2D eigenvalue weighted by Crippen LogP contribution is 2.36. The highest BCUT2D eigenvalue weighted by atomic mass is 32.1. The van der Waals surface area contributed by atoms with Crippen molar-refractivity contribution in [2.45, 2.75) is 46.0 Å². The number of rotatable bonds is 4. The maximum atomic E-state index is 12.4. The van der Waals surface area contributed by atoms with Crippen molar-refractivity contribution in [1.29, 1.82) is 0 Å². The van der Waals surface area contributed by atoms with Gasteiger partial charge in [-0.25, -0.2) is 0 Å². The number of carbonyl (C=O) groups is 2. The standard InChI is InChI=1S/C21H27NO3S/c1-13-7-8-18(19(9-13)25-3)16-10-15(12-21(22)24)14(2)20(26)6-4-5-17(23)11-16/h7-9,11,14-15H,4-6,10,12H2,1-3H3,(H2,22,24). The molecule has 0 bridgehead atoms. The zero-order valence-electron chi connectivity index (χ0n) is 15.7. The van der Waals surface area contributed by atoms with Gasteiger partial charge in [0.1, 0.15) is 5.75 Å². The molecule has 0 saturated carbocycles. The molecule has 0 saturated heterocycles. The molecule has 1 amide bonds. The first-order valence-corrected chi connectivity index (χ1v) is 9.42. The van der Waals surface area contributed by atoms with Crippen LogP contribution in [0.1, 0.15) is 50.2 Å². The van der Waals surface area contributed by atoms with Gasteiger partial charge in [0.05, 0.1) is 7.11 Å². The molecule has 2 unspecified atom stereocenters. The molecule has 0 spiro atoms. The van der Waals surface area contributed by atoms with Crippen LogP contribution in [0.15, 0.2) is 24.3 Å². The van der Waals surface area contributed by atoms with Crippen LogP contribution in [-0.4, -0.2) is 23.7 Å². The smallest absolute Gasteiger partial charge is 0.217 e. The van der Waals surface area contributed by atoms with Gasteiger partial charge in [-0.15, -0.1) is 0 Å². The van der Waals surface area contributed by atoms with Crippen LogP contribution in [0.5, 0.6) is 5.75 Å². The zero-order chi connectivity index (χ0) is 19.3. The first kappa shape index (κ1) is 20.3. The number of thiocarbonyl (C=S) groups is 1. The first-order valence-electron chi connectivity index (χ1n) is 9.01. The average molecular weight is 374 g/mol. The summed E-state index contributed by atoms with van der Waals surface area (Å²) < 4.78 is 5.54. The minimum absolute atomic E-state index is 0.0249. The molecule has 26 heavy (non-hydrogen) atoms. The normalized spacial score (nSPS) is 21.9. The van der Waals surface area contributed by atoms with Crippen molar-refractivity contribution in [2.24, 2.45) is 17.6 Å². The third-order valence-corrected chi connectivity index (χ3v) is 5.62. The summed E-state index contributed by atoms with van der Waals surface area (Å²) in [5, 5.41) is 0. The lowest BCUT2D eigenvalue weighted by Gasteiger charge is -2.26. The summed E-state index contributed by atoms with van der Waals surface area (Å²) >= 11 is 5.56. The summed E-state index contributed by atoms with van der Waals surface area (Å²) in [6.07, 6.45) is 4.47. The number of ketones is 1. The topological polar surface area (TPSA) is 69.4 Å². The molecule has 0 fully saturated rings. The summed E-state index contributed by atoms with van der Waals surface area (Å²) in [6, 6.07) is 5.93. The Morgan fingerprint density at radius 2 is 2.08 bits per heavy atom. The Morgan fingerprint density at radius 3 is 2.73 bits per heavy atom. The first-order chi connectivity index (χ1) is 12.3. The highest BCUT2D eigenvalue weighted by molar-refractivity contribution is 7.80. The number of benzene rings is 1. The summed E-state index contributed by atoms with van der Waals surface area (Å²) in [4.78, 5) is 24.9. The number of allylic oxidation sites excluding steroid dienone is 2. The number of ether oxygens (including phenoxy) is 1. The summed E-state index contributed by atoms with van der Waals surface area (Å²) in [7, 11) is 1.62. The summed E-state index contributed by atoms with van der Waals surface area (Å²) in [6.45, 7) is 4.05. The monoisotopic (exact) mass is 373 g/mol. The third-order valence-electron chi connectivity index (χ3n) is 5.05. The van der Waals surface area contributed by atoms with Crippen LogP contribution in [0.4, 0.5) is 0 Å². The molecular formula is C21H27NO3S. The van der Waals surface area contributed by atoms with Gasteiger partial charge in [0, 0.05) is 18.4 Å². The number of nitrogens with two attached hydrogens (primary N) is 1. The maximum absolute atomic E-state index is 12.4. The van der Waals surface area contributed by atoms with E-state index in [4.69, 9.17) is 22.7 Å². The van der Waals surface area contributed by atoms with E-state index < -0.39 is 0 Å². The highest BCUT2D eigenvalue weighted by Gasteiger charge is 2.26. The lowest BCUT2D eigenvalue weighted by molar-refractivity contribution is -0.119. The predicted molar refractivity (Wildman–Crippen MR) is 108 cm³/mol. The quantitative estimate of drug-likeness (QED) is 0.809. The van der Waals surface area contributed by atoms with E-state index in [2.05, 4.69) is 6.92 Å². The fraction of sp³-hybridized carbons (Fsp3) is 0.476. The van der Waals surface area contributed by atoms with Crippen molar-refractivity contribution >= 4 is 34.3 Å². The zero-order valence-corrected chi connectivity index (χ0v) is 16.5. The predicted octanol–water partition coefficient (Wildman–Crippen LogP) is 4.03. The lowest BCUT2D eigenvalue weighted by atomic mass is 9.79. The molecule has 0 radical (unpaired) electrons. The largest absolute Gasteiger partial charge is 0.496 e. The average Bonchev–Trinajstić information content (AvgIpc) is 2.58. The number of amides is 1. The van der Waals surface area contributed by atoms with E-state index in [9.17, 15) is 9.59 Å². The van der Waals surface area contributed by atoms with Crippen LogP contribution in [0, 0.1) is 18.8 Å². The third kappa shape index (κ3) is 5.24. The molecule has 0 aromatic heterocycles. The van der Waals surface area contributed by atoms with Gasteiger partial charge in [-0.3, -0.25) is 9.59 Å². The minimum atomic E-state index is -0.344. The van der Waals surface area contributed by atoms with E-state index in [-0.39, 0.29) is 29.9 Å². The number of methoxy groups -OCH3 is 1. The Morgan fingerprint density at radius 1 is 1.35 bits per heavy atom. The van der Waals surface area contributed by atoms with Crippen LogP contribution in [0.3, 0.4) is 0 Å². The van der Waals surface area contributed by atoms with E-state index in [1.807, 2.05) is 25.1 Å². The minimum Gasteiger partial charge on any atom is -0.496 e. The Balaban J connectivity index is 2.49. The van der Waals surface area contributed by atoms with Crippen molar-refractivity contribution in [3.63, 3.8) is 0 Å². The molecule has 1 aliphatic rings. The fourth-order valence-electron chi connectivity index (χ4n) is 3.47. The molecule has 4 nitrogen and oxygen atoms in total. The summed E-state index contributed by atoms with van der Waals surface area (Å²) in [5.74, 6) is 0.531. The van der Waals surface area contributed by atoms with Crippen LogP contribution < -0.4 is 10.5 Å².